The van der Waals surface area contributed by atoms with Crippen LogP contribution in [-0.4, -0.2) is 0 Å². The molecule has 0 nitrogen and oxygen atoms in total. The first-order chi connectivity index (χ1) is 14.3. The fourth-order valence-corrected chi connectivity index (χ4v) is 4.51. The molecule has 0 amide bonds. The Hall–Kier alpha value is -3.12. The highest BCUT2D eigenvalue weighted by Crippen LogP contribution is 2.36. The van der Waals surface area contributed by atoms with Crippen LogP contribution in [0.1, 0.15) is 33.4 Å². The fourth-order valence-electron chi connectivity index (χ4n) is 4.51. The highest BCUT2D eigenvalue weighted by Gasteiger charge is 2.12. The summed E-state index contributed by atoms with van der Waals surface area (Å²) in [7, 11) is 0. The summed E-state index contributed by atoms with van der Waals surface area (Å²) >= 11 is 0. The highest BCUT2D eigenvalue weighted by molar-refractivity contribution is 5.84. The molecule has 0 bridgehead atoms. The van der Waals surface area contributed by atoms with Gasteiger partial charge >= 0.3 is 0 Å². The zero-order valence-electron chi connectivity index (χ0n) is 18.9. The molecule has 0 aromatic heterocycles. The Morgan fingerprint density at radius 3 is 0.833 bits per heavy atom. The van der Waals surface area contributed by atoms with Gasteiger partial charge in [0.1, 0.15) is 0 Å². The van der Waals surface area contributed by atoms with Gasteiger partial charge < -0.3 is 0 Å². The molecule has 0 aliphatic heterocycles. The van der Waals surface area contributed by atoms with E-state index in [9.17, 15) is 0 Å². The molecule has 0 aliphatic rings. The molecule has 0 fully saturated rings. The maximum Gasteiger partial charge on any atom is -0.0154 e. The molecule has 0 radical (unpaired) electrons. The lowest BCUT2D eigenvalue weighted by molar-refractivity contribution is 1.36. The van der Waals surface area contributed by atoms with Gasteiger partial charge in [-0.25, -0.2) is 0 Å². The molecule has 0 heteroatoms. The monoisotopic (exact) mass is 390 g/mol. The van der Waals surface area contributed by atoms with E-state index in [0.29, 0.717) is 0 Å². The highest BCUT2D eigenvalue weighted by atomic mass is 14.2. The Morgan fingerprint density at radius 2 is 0.600 bits per heavy atom. The maximum atomic E-state index is 2.35. The standard InChI is InChI=1S/C30H30/c1-19-7-10-28(22(4)13-19)25-16-26(29-11-8-20(2)14-23(29)5)18-27(17-25)30-12-9-21(3)15-24(30)6/h7-18H,1-6H3. The third kappa shape index (κ3) is 3.96. The van der Waals surface area contributed by atoms with Crippen molar-refractivity contribution in [1.82, 2.24) is 0 Å². The molecule has 0 heterocycles. The van der Waals surface area contributed by atoms with Gasteiger partial charge in [-0.1, -0.05) is 71.3 Å². The SMILES string of the molecule is Cc1ccc(-c2cc(-c3ccc(C)cc3C)cc(-c3ccc(C)cc3C)c2)c(C)c1. The van der Waals surface area contributed by atoms with E-state index in [1.165, 1.54) is 66.8 Å². The Kier molecular flexibility index (Phi) is 5.35. The largest absolute Gasteiger partial charge is 0.0587 e. The number of hydrogen-bond acceptors (Lipinski definition) is 0. The lowest BCUT2D eigenvalue weighted by Gasteiger charge is -2.16. The molecular weight excluding hydrogens is 360 g/mol. The Morgan fingerprint density at radius 1 is 0.333 bits per heavy atom. The van der Waals surface area contributed by atoms with Crippen LogP contribution in [0.25, 0.3) is 33.4 Å². The number of rotatable bonds is 3. The summed E-state index contributed by atoms with van der Waals surface area (Å²) in [6, 6.07) is 27.3. The van der Waals surface area contributed by atoms with E-state index >= 15 is 0 Å². The minimum absolute atomic E-state index is 1.28. The first-order valence-corrected chi connectivity index (χ1v) is 10.7. The minimum atomic E-state index is 1.28. The van der Waals surface area contributed by atoms with Crippen LogP contribution in [0.15, 0.2) is 72.8 Å². The van der Waals surface area contributed by atoms with Crippen molar-refractivity contribution in [1.29, 1.82) is 0 Å². The minimum Gasteiger partial charge on any atom is -0.0587 e. The van der Waals surface area contributed by atoms with Crippen LogP contribution in [-0.2, 0) is 0 Å². The number of benzene rings is 4. The molecule has 4 rings (SSSR count). The molecule has 0 saturated heterocycles. The third-order valence-corrected chi connectivity index (χ3v) is 6.01. The lowest BCUT2D eigenvalue weighted by Crippen LogP contribution is -1.92. The molecule has 4 aromatic rings. The van der Waals surface area contributed by atoms with Crippen LogP contribution in [0.5, 0.6) is 0 Å². The molecular formula is C30H30. The average Bonchev–Trinajstić information content (AvgIpc) is 2.67. The third-order valence-electron chi connectivity index (χ3n) is 6.01. The predicted molar refractivity (Wildman–Crippen MR) is 131 cm³/mol. The van der Waals surface area contributed by atoms with E-state index in [1.807, 2.05) is 0 Å². The van der Waals surface area contributed by atoms with E-state index in [2.05, 4.69) is 114 Å². The van der Waals surface area contributed by atoms with Crippen LogP contribution in [0.3, 0.4) is 0 Å². The second kappa shape index (κ2) is 7.95. The summed E-state index contributed by atoms with van der Waals surface area (Å²) in [5.74, 6) is 0. The summed E-state index contributed by atoms with van der Waals surface area (Å²) < 4.78 is 0. The summed E-state index contributed by atoms with van der Waals surface area (Å²) in [5, 5.41) is 0. The number of hydrogen-bond donors (Lipinski definition) is 0. The molecule has 0 N–H and O–H groups in total. The topological polar surface area (TPSA) is 0 Å². The van der Waals surface area contributed by atoms with Gasteiger partial charge in [0.25, 0.3) is 0 Å². The molecule has 0 unspecified atom stereocenters. The first-order valence-electron chi connectivity index (χ1n) is 10.7. The van der Waals surface area contributed by atoms with Gasteiger partial charge in [0, 0.05) is 0 Å². The molecule has 30 heavy (non-hydrogen) atoms. The van der Waals surface area contributed by atoms with Gasteiger partial charge in [-0.2, -0.15) is 0 Å². The van der Waals surface area contributed by atoms with E-state index in [0.717, 1.165) is 0 Å². The van der Waals surface area contributed by atoms with Gasteiger partial charge in [0.15, 0.2) is 0 Å². The second-order valence-electron chi connectivity index (χ2n) is 8.75. The van der Waals surface area contributed by atoms with Gasteiger partial charge in [0.2, 0.25) is 0 Å². The van der Waals surface area contributed by atoms with Gasteiger partial charge in [-0.05, 0) is 110 Å². The van der Waals surface area contributed by atoms with Gasteiger partial charge in [-0.3, -0.25) is 0 Å². The van der Waals surface area contributed by atoms with Crippen molar-refractivity contribution in [3.8, 4) is 33.4 Å². The van der Waals surface area contributed by atoms with Crippen LogP contribution >= 0.6 is 0 Å². The average molecular weight is 391 g/mol. The normalized spacial score (nSPS) is 11.0. The zero-order chi connectivity index (χ0) is 21.4. The van der Waals surface area contributed by atoms with Crippen LogP contribution in [0.2, 0.25) is 0 Å². The summed E-state index contributed by atoms with van der Waals surface area (Å²) in [6.45, 7) is 13.1. The Bertz CT molecular complexity index is 1070. The molecule has 0 atom stereocenters. The van der Waals surface area contributed by atoms with Crippen molar-refractivity contribution in [2.24, 2.45) is 0 Å². The van der Waals surface area contributed by atoms with Crippen molar-refractivity contribution in [3.63, 3.8) is 0 Å². The first kappa shape index (κ1) is 20.2. The lowest BCUT2D eigenvalue weighted by atomic mass is 9.88. The van der Waals surface area contributed by atoms with Crippen LogP contribution in [0, 0.1) is 41.5 Å². The number of aryl methyl sites for hydroxylation is 6. The molecule has 0 aliphatic carbocycles. The van der Waals surface area contributed by atoms with Crippen LogP contribution < -0.4 is 0 Å². The second-order valence-corrected chi connectivity index (χ2v) is 8.75. The van der Waals surface area contributed by atoms with E-state index in [1.54, 1.807) is 0 Å². The Labute approximate surface area is 181 Å². The van der Waals surface area contributed by atoms with Crippen molar-refractivity contribution >= 4 is 0 Å². The van der Waals surface area contributed by atoms with Gasteiger partial charge in [-0.15, -0.1) is 0 Å². The van der Waals surface area contributed by atoms with Crippen LogP contribution in [0.4, 0.5) is 0 Å². The molecule has 0 saturated carbocycles. The van der Waals surface area contributed by atoms with E-state index < -0.39 is 0 Å². The smallest absolute Gasteiger partial charge is 0.0154 e. The maximum absolute atomic E-state index is 2.35. The molecule has 4 aromatic carbocycles. The van der Waals surface area contributed by atoms with Crippen molar-refractivity contribution in [3.05, 3.63) is 106 Å². The summed E-state index contributed by atoms with van der Waals surface area (Å²) in [6.07, 6.45) is 0. The predicted octanol–water partition coefficient (Wildman–Crippen LogP) is 8.54. The summed E-state index contributed by atoms with van der Waals surface area (Å²) in [4.78, 5) is 0. The van der Waals surface area contributed by atoms with Crippen molar-refractivity contribution in [2.75, 3.05) is 0 Å². The summed E-state index contributed by atoms with van der Waals surface area (Å²) in [5.41, 5.74) is 15.6. The quantitative estimate of drug-likeness (QED) is 0.329. The van der Waals surface area contributed by atoms with Gasteiger partial charge in [0.05, 0.1) is 0 Å². The van der Waals surface area contributed by atoms with Crippen molar-refractivity contribution < 1.29 is 0 Å². The van der Waals surface area contributed by atoms with Crippen molar-refractivity contribution in [2.45, 2.75) is 41.5 Å². The molecule has 150 valence electrons. The molecule has 0 spiro atoms. The zero-order valence-corrected chi connectivity index (χ0v) is 18.9. The Balaban J connectivity index is 1.98. The fraction of sp³-hybridized carbons (Fsp3) is 0.200. The van der Waals surface area contributed by atoms with E-state index in [4.69, 9.17) is 0 Å². The van der Waals surface area contributed by atoms with E-state index in [-0.39, 0.29) is 0 Å².